The third-order valence-corrected chi connectivity index (χ3v) is 14.6. The Morgan fingerprint density at radius 2 is 0.806 bits per heavy atom. The van der Waals surface area contributed by atoms with Crippen LogP contribution >= 0.6 is 0 Å². The molecule has 4 aromatic heterocycles. The van der Waals surface area contributed by atoms with Gasteiger partial charge in [0.05, 0.1) is 55.4 Å². The first kappa shape index (κ1) is 30.1. The lowest BCUT2D eigenvalue weighted by atomic mass is 9.86. The molecule has 0 bridgehead atoms. The molecule has 0 aliphatic rings. The zero-order chi connectivity index (χ0) is 63.3. The van der Waals surface area contributed by atoms with Crippen molar-refractivity contribution in [1.82, 2.24) is 8.80 Å². The summed E-state index contributed by atoms with van der Waals surface area (Å²) < 4.78 is 148. The number of hydrogen-bond acceptors (Lipinski definition) is 2. The van der Waals surface area contributed by atoms with E-state index in [4.69, 9.17) is 11.0 Å². The van der Waals surface area contributed by atoms with Crippen molar-refractivity contribution in [3.8, 4) is 0 Å². The van der Waals surface area contributed by atoms with E-state index in [9.17, 15) is 11.0 Å². The first-order valence-corrected chi connectivity index (χ1v) is 24.5. The summed E-state index contributed by atoms with van der Waals surface area (Å²) in [6.45, 7) is 9.10. The summed E-state index contributed by atoms with van der Waals surface area (Å²) in [5.74, 6) is -4.94. The first-order valence-electron chi connectivity index (χ1n) is 32.5. The summed E-state index contributed by atoms with van der Waals surface area (Å²) in [6.07, 6.45) is 0. The topological polar surface area (TPSA) is 15.3 Å². The lowest BCUT2D eigenvalue weighted by molar-refractivity contribution is 0.591. The Morgan fingerprint density at radius 1 is 0.417 bits per heavy atom. The summed E-state index contributed by atoms with van der Waals surface area (Å²) in [4.78, 5) is 3.44. The molecular formula is C68H62N4. The van der Waals surface area contributed by atoms with Crippen LogP contribution in [0.3, 0.4) is 0 Å². The molecule has 0 radical (unpaired) electrons. The minimum atomic E-state index is -2.98. The molecule has 2 unspecified atom stereocenters. The van der Waals surface area contributed by atoms with Crippen LogP contribution in [-0.2, 0) is 10.8 Å². The molecule has 9 aromatic carbocycles. The van der Waals surface area contributed by atoms with Gasteiger partial charge in [-0.05, 0) is 142 Å². The molecule has 13 rings (SSSR count). The predicted octanol–water partition coefficient (Wildman–Crippen LogP) is 19.8. The van der Waals surface area contributed by atoms with Crippen LogP contribution in [0.25, 0.3) is 76.2 Å². The van der Waals surface area contributed by atoms with Crippen LogP contribution < -0.4 is 9.80 Å². The van der Waals surface area contributed by atoms with Crippen molar-refractivity contribution in [3.05, 3.63) is 204 Å². The van der Waals surface area contributed by atoms with E-state index in [1.54, 1.807) is 9.80 Å². The van der Waals surface area contributed by atoms with E-state index in [2.05, 4.69) is 98.9 Å². The van der Waals surface area contributed by atoms with E-state index >= 15 is 0 Å². The van der Waals surface area contributed by atoms with Crippen molar-refractivity contribution in [3.63, 3.8) is 0 Å². The summed E-state index contributed by atoms with van der Waals surface area (Å²) >= 11 is 0. The van der Waals surface area contributed by atoms with Crippen molar-refractivity contribution in [2.24, 2.45) is 0 Å². The van der Waals surface area contributed by atoms with Crippen LogP contribution in [-0.4, -0.2) is 8.80 Å². The van der Waals surface area contributed by atoms with E-state index in [0.29, 0.717) is 22.7 Å². The molecule has 0 saturated carbocycles. The molecule has 72 heavy (non-hydrogen) atoms. The van der Waals surface area contributed by atoms with Gasteiger partial charge in [-0.3, -0.25) is 0 Å². The van der Waals surface area contributed by atoms with Gasteiger partial charge in [0.25, 0.3) is 0 Å². The zero-order valence-corrected chi connectivity index (χ0v) is 41.5. The van der Waals surface area contributed by atoms with E-state index < -0.39 is 85.0 Å². The van der Waals surface area contributed by atoms with Crippen molar-refractivity contribution < 1.29 is 21.9 Å². The minimum absolute atomic E-state index is 0.108. The molecule has 4 nitrogen and oxygen atoms in total. The zero-order valence-electron chi connectivity index (χ0n) is 57.5. The number of nitrogens with zero attached hydrogens (tertiary/aromatic N) is 4. The predicted molar refractivity (Wildman–Crippen MR) is 311 cm³/mol. The Labute approximate surface area is 445 Å². The first-order chi connectivity index (χ1) is 41.1. The van der Waals surface area contributed by atoms with Crippen molar-refractivity contribution in [2.45, 2.75) is 91.7 Å². The fourth-order valence-electron chi connectivity index (χ4n) is 11.0. The summed E-state index contributed by atoms with van der Waals surface area (Å²) in [6, 6.07) is 39.0. The second-order valence-corrected chi connectivity index (χ2v) is 21.3. The molecule has 354 valence electrons. The highest BCUT2D eigenvalue weighted by molar-refractivity contribution is 6.32. The maximum atomic E-state index is 9.65. The second kappa shape index (κ2) is 15.8. The van der Waals surface area contributed by atoms with Crippen LogP contribution in [0.2, 0.25) is 0 Å². The molecule has 0 spiro atoms. The number of anilines is 6. The molecule has 2 atom stereocenters. The standard InChI is InChI=1S/C68H62N4/c1-41(2)43-21-27-49(28-22-43)69(47-17-13-11-14-18-47)59-35-31-51-53-39-62-54(40-61(53)71-57-33-25-45(67(5,6)7)37-55(57)63(59)65(51)71)52-32-36-60(64-56-38-46(68(8,9)10)26-34-58(56)72(62)66(52)64)70(48-19-15-12-16-20-48)50-29-23-44(24-30-50)42(3)4/h11-42H,1-10H3/i1D3,3D3,21D,22D,23D,24D,27D,28D,29D,30D,41D,42D. The lowest BCUT2D eigenvalue weighted by Crippen LogP contribution is -2.11. The molecule has 0 amide bonds. The number of para-hydroxylation sites is 2. The van der Waals surface area contributed by atoms with Crippen LogP contribution in [0.4, 0.5) is 34.1 Å². The van der Waals surface area contributed by atoms with Gasteiger partial charge in [0, 0.05) is 76.8 Å². The average Bonchev–Trinajstić information content (AvgIpc) is 1.50. The molecule has 0 aliphatic heterocycles. The molecule has 4 heteroatoms. The maximum absolute atomic E-state index is 9.65. The summed E-state index contributed by atoms with van der Waals surface area (Å²) in [5.41, 5.74) is 7.57. The largest absolute Gasteiger partial charge is 0.310 e. The van der Waals surface area contributed by atoms with Gasteiger partial charge in [-0.15, -0.1) is 0 Å². The fraction of sp³-hybridized carbons (Fsp3) is 0.206. The third kappa shape index (κ3) is 6.57. The van der Waals surface area contributed by atoms with Gasteiger partial charge in [0.2, 0.25) is 0 Å². The number of rotatable bonds is 8. The number of fused-ring (bicyclic) bond motifs is 12. The van der Waals surface area contributed by atoms with Crippen LogP contribution in [0.5, 0.6) is 0 Å². The minimum Gasteiger partial charge on any atom is -0.310 e. The molecule has 0 aliphatic carbocycles. The van der Waals surface area contributed by atoms with Crippen molar-refractivity contribution >= 4 is 110 Å². The van der Waals surface area contributed by atoms with Crippen molar-refractivity contribution in [1.29, 1.82) is 0 Å². The van der Waals surface area contributed by atoms with Crippen molar-refractivity contribution in [2.75, 3.05) is 9.80 Å². The second-order valence-electron chi connectivity index (χ2n) is 21.3. The van der Waals surface area contributed by atoms with Gasteiger partial charge < -0.3 is 18.6 Å². The fourth-order valence-corrected chi connectivity index (χ4v) is 11.0. The Morgan fingerprint density at radius 3 is 1.17 bits per heavy atom. The maximum Gasteiger partial charge on any atom is 0.0645 e. The lowest BCUT2D eigenvalue weighted by Gasteiger charge is -2.27. The van der Waals surface area contributed by atoms with Gasteiger partial charge in [0.15, 0.2) is 0 Å². The Bertz CT molecular complexity index is 4690. The molecule has 13 aromatic rings. The molecule has 0 N–H and O–H groups in total. The van der Waals surface area contributed by atoms with E-state index in [1.807, 2.05) is 84.9 Å². The normalized spacial score (nSPS) is 18.0. The van der Waals surface area contributed by atoms with Gasteiger partial charge in [-0.25, -0.2) is 0 Å². The highest BCUT2D eigenvalue weighted by Gasteiger charge is 2.29. The highest BCUT2D eigenvalue weighted by atomic mass is 15.2. The van der Waals surface area contributed by atoms with Gasteiger partial charge in [-0.2, -0.15) is 0 Å². The number of aromatic nitrogens is 2. The quantitative estimate of drug-likeness (QED) is 0.151. The third-order valence-electron chi connectivity index (χ3n) is 14.6. The van der Waals surface area contributed by atoms with Gasteiger partial charge in [-0.1, -0.05) is 154 Å². The molecule has 0 saturated heterocycles. The average molecular weight is 951 g/mol. The van der Waals surface area contributed by atoms with Gasteiger partial charge >= 0.3 is 0 Å². The Balaban J connectivity index is 1.14. The smallest absolute Gasteiger partial charge is 0.0645 e. The van der Waals surface area contributed by atoms with Gasteiger partial charge in [0.1, 0.15) is 0 Å². The van der Waals surface area contributed by atoms with E-state index in [-0.39, 0.29) is 22.2 Å². The molecule has 4 heterocycles. The highest BCUT2D eigenvalue weighted by Crippen LogP contribution is 2.52. The molecule has 0 fully saturated rings. The monoisotopic (exact) mass is 951 g/mol. The van der Waals surface area contributed by atoms with E-state index in [1.165, 1.54) is 0 Å². The number of benzene rings is 9. The Kier molecular flexibility index (Phi) is 6.63. The summed E-state index contributed by atoms with van der Waals surface area (Å²) in [5, 5.41) is 6.88. The van der Waals surface area contributed by atoms with E-state index in [0.717, 1.165) is 101 Å². The van der Waals surface area contributed by atoms with Crippen LogP contribution in [0.15, 0.2) is 182 Å². The number of hydrogen-bond donors (Lipinski definition) is 0. The summed E-state index contributed by atoms with van der Waals surface area (Å²) in [7, 11) is 0. The SMILES string of the molecule is [2H]c1c([2H])c(C([2H])(C)C([2H])([2H])[2H])c([2H])c([2H])c1N(c1ccccc1)c1ccc2c3cc4c(cc3n3c5ccc(C(C)(C)C)cc5c1c23)c1ccc(N(c2ccccc2)c2c([2H])c([2H])c(C([2H])(C)C([2H])([2H])[2H])c([2H])c2[2H])c2c3cc(C(C)(C)C)ccc3n4c12. The Hall–Kier alpha value is -7.82. The van der Waals surface area contributed by atoms with Crippen LogP contribution in [0, 0.1) is 0 Å². The molecular weight excluding hydrogens is 873 g/mol. The van der Waals surface area contributed by atoms with Crippen LogP contribution in [0.1, 0.15) is 125 Å².